The fourth-order valence-electron chi connectivity index (χ4n) is 3.85. The van der Waals surface area contributed by atoms with E-state index in [1.165, 1.54) is 62.7 Å². The molecular formula is C22H36IN5O. The van der Waals surface area contributed by atoms with E-state index in [0.29, 0.717) is 12.6 Å². The molecule has 162 valence electrons. The number of nitrogens with zero attached hydrogens (tertiary/aromatic N) is 3. The third-order valence-electron chi connectivity index (χ3n) is 5.65. The predicted octanol–water partition coefficient (Wildman–Crippen LogP) is 2.97. The first kappa shape index (κ1) is 23.9. The van der Waals surface area contributed by atoms with Crippen LogP contribution in [0.5, 0.6) is 0 Å². The maximum absolute atomic E-state index is 11.9. The van der Waals surface area contributed by atoms with Gasteiger partial charge in [0.15, 0.2) is 5.96 Å². The molecule has 1 aromatic carbocycles. The molecule has 2 N–H and O–H groups in total. The van der Waals surface area contributed by atoms with Crippen LogP contribution in [0, 0.1) is 0 Å². The van der Waals surface area contributed by atoms with Gasteiger partial charge in [-0.25, -0.2) is 4.99 Å². The number of rotatable bonds is 7. The molecule has 29 heavy (non-hydrogen) atoms. The Labute approximate surface area is 192 Å². The average molecular weight is 513 g/mol. The number of amides is 1. The number of hydrogen-bond donors (Lipinski definition) is 2. The summed E-state index contributed by atoms with van der Waals surface area (Å²) in [6.45, 7) is 4.37. The van der Waals surface area contributed by atoms with Gasteiger partial charge in [-0.05, 0) is 49.9 Å². The van der Waals surface area contributed by atoms with Crippen LogP contribution < -0.4 is 10.6 Å². The zero-order valence-electron chi connectivity index (χ0n) is 17.8. The Hall–Kier alpha value is -1.35. The van der Waals surface area contributed by atoms with Gasteiger partial charge in [0.2, 0.25) is 5.91 Å². The van der Waals surface area contributed by atoms with Gasteiger partial charge in [0.25, 0.3) is 0 Å². The van der Waals surface area contributed by atoms with Crippen molar-refractivity contribution in [3.8, 4) is 0 Å². The number of carbonyl (C=O) groups excluding carboxylic acids is 1. The van der Waals surface area contributed by atoms with E-state index in [0.717, 1.165) is 12.5 Å². The van der Waals surface area contributed by atoms with Crippen molar-refractivity contribution >= 4 is 35.8 Å². The Morgan fingerprint density at radius 2 is 1.69 bits per heavy atom. The molecule has 0 unspecified atom stereocenters. The van der Waals surface area contributed by atoms with Crippen molar-refractivity contribution in [2.45, 2.75) is 57.7 Å². The fourth-order valence-corrected chi connectivity index (χ4v) is 3.85. The number of benzene rings is 1. The minimum absolute atomic E-state index is 0. The van der Waals surface area contributed by atoms with Gasteiger partial charge in [0, 0.05) is 26.7 Å². The SMILES string of the molecule is CN(C)C(=O)CNC(=NCc1ccc(CN2CCCC2)cc1)NC1CCCC1.I. The van der Waals surface area contributed by atoms with Gasteiger partial charge < -0.3 is 15.5 Å². The average Bonchev–Trinajstić information content (AvgIpc) is 3.39. The summed E-state index contributed by atoms with van der Waals surface area (Å²) >= 11 is 0. The number of likely N-dealkylation sites (N-methyl/N-ethyl adjacent to an activating group) is 1. The largest absolute Gasteiger partial charge is 0.354 e. The van der Waals surface area contributed by atoms with Crippen LogP contribution in [-0.4, -0.2) is 61.4 Å². The molecule has 1 aliphatic carbocycles. The van der Waals surface area contributed by atoms with Gasteiger partial charge in [-0.3, -0.25) is 9.69 Å². The zero-order valence-corrected chi connectivity index (χ0v) is 20.2. The molecule has 1 saturated carbocycles. The maximum atomic E-state index is 11.9. The second-order valence-electron chi connectivity index (χ2n) is 8.23. The minimum atomic E-state index is 0. The lowest BCUT2D eigenvalue weighted by Gasteiger charge is -2.18. The van der Waals surface area contributed by atoms with Crippen LogP contribution in [-0.2, 0) is 17.9 Å². The molecule has 1 heterocycles. The van der Waals surface area contributed by atoms with Gasteiger partial charge in [0.1, 0.15) is 0 Å². The van der Waals surface area contributed by atoms with Gasteiger partial charge in [-0.2, -0.15) is 0 Å². The number of hydrogen-bond acceptors (Lipinski definition) is 3. The standard InChI is InChI=1S/C22H35N5O.HI/c1-26(2)21(28)16-24-22(25-20-7-3-4-8-20)23-15-18-9-11-19(12-10-18)17-27-13-5-6-14-27;/h9-12,20H,3-8,13-17H2,1-2H3,(H2,23,24,25);1H. The summed E-state index contributed by atoms with van der Waals surface area (Å²) in [5, 5.41) is 6.70. The van der Waals surface area contributed by atoms with Crippen LogP contribution >= 0.6 is 24.0 Å². The summed E-state index contributed by atoms with van der Waals surface area (Å²) in [6.07, 6.45) is 7.53. The molecule has 0 radical (unpaired) electrons. The zero-order chi connectivity index (χ0) is 19.8. The van der Waals surface area contributed by atoms with Crippen LogP contribution in [0.2, 0.25) is 0 Å². The molecule has 0 spiro atoms. The Balaban J connectivity index is 0.00000300. The first-order valence-corrected chi connectivity index (χ1v) is 10.7. The first-order chi connectivity index (χ1) is 13.6. The summed E-state index contributed by atoms with van der Waals surface area (Å²) < 4.78 is 0. The molecule has 0 aromatic heterocycles. The number of likely N-dealkylation sites (tertiary alicyclic amines) is 1. The van der Waals surface area contributed by atoms with Crippen LogP contribution in [0.3, 0.4) is 0 Å². The van der Waals surface area contributed by atoms with E-state index in [1.807, 2.05) is 0 Å². The Bertz CT molecular complexity index is 650. The molecule has 1 aliphatic heterocycles. The first-order valence-electron chi connectivity index (χ1n) is 10.7. The number of guanidine groups is 1. The molecule has 3 rings (SSSR count). The van der Waals surface area contributed by atoms with Crippen molar-refractivity contribution in [1.82, 2.24) is 20.4 Å². The summed E-state index contributed by atoms with van der Waals surface area (Å²) in [5.41, 5.74) is 2.56. The predicted molar refractivity (Wildman–Crippen MR) is 130 cm³/mol. The van der Waals surface area contributed by atoms with E-state index in [-0.39, 0.29) is 36.4 Å². The lowest BCUT2D eigenvalue weighted by atomic mass is 10.1. The van der Waals surface area contributed by atoms with Crippen LogP contribution in [0.15, 0.2) is 29.3 Å². The van der Waals surface area contributed by atoms with E-state index in [9.17, 15) is 4.79 Å². The van der Waals surface area contributed by atoms with Gasteiger partial charge >= 0.3 is 0 Å². The van der Waals surface area contributed by atoms with Crippen molar-refractivity contribution < 1.29 is 4.79 Å². The molecule has 0 bridgehead atoms. The second kappa shape index (κ2) is 12.4. The molecule has 7 heteroatoms. The third-order valence-corrected chi connectivity index (χ3v) is 5.65. The second-order valence-corrected chi connectivity index (χ2v) is 8.23. The highest BCUT2D eigenvalue weighted by Gasteiger charge is 2.17. The van der Waals surface area contributed by atoms with Crippen molar-refractivity contribution in [2.75, 3.05) is 33.7 Å². The fraction of sp³-hybridized carbons (Fsp3) is 0.636. The summed E-state index contributed by atoms with van der Waals surface area (Å²) in [5.74, 6) is 0.787. The molecule has 0 atom stereocenters. The highest BCUT2D eigenvalue weighted by molar-refractivity contribution is 14.0. The van der Waals surface area contributed by atoms with Crippen LogP contribution in [0.1, 0.15) is 49.7 Å². The quantitative estimate of drug-likeness (QED) is 0.335. The molecule has 6 nitrogen and oxygen atoms in total. The Morgan fingerprint density at radius 3 is 2.31 bits per heavy atom. The summed E-state index contributed by atoms with van der Waals surface area (Å²) in [4.78, 5) is 20.8. The topological polar surface area (TPSA) is 60.0 Å². The highest BCUT2D eigenvalue weighted by Crippen LogP contribution is 2.17. The lowest BCUT2D eigenvalue weighted by molar-refractivity contribution is -0.127. The lowest BCUT2D eigenvalue weighted by Crippen LogP contribution is -2.46. The van der Waals surface area contributed by atoms with Gasteiger partial charge in [-0.15, -0.1) is 24.0 Å². The van der Waals surface area contributed by atoms with Crippen molar-refractivity contribution in [3.05, 3.63) is 35.4 Å². The van der Waals surface area contributed by atoms with Crippen LogP contribution in [0.4, 0.5) is 0 Å². The minimum Gasteiger partial charge on any atom is -0.354 e. The Kier molecular flexibility index (Phi) is 10.2. The molecular weight excluding hydrogens is 477 g/mol. The Morgan fingerprint density at radius 1 is 1.07 bits per heavy atom. The molecule has 1 amide bonds. The van der Waals surface area contributed by atoms with Crippen molar-refractivity contribution in [3.63, 3.8) is 0 Å². The summed E-state index contributed by atoms with van der Waals surface area (Å²) in [6, 6.07) is 9.25. The van der Waals surface area contributed by atoms with E-state index < -0.39 is 0 Å². The van der Waals surface area contributed by atoms with Crippen LogP contribution in [0.25, 0.3) is 0 Å². The van der Waals surface area contributed by atoms with E-state index in [1.54, 1.807) is 19.0 Å². The normalized spacial score (nSPS) is 17.8. The van der Waals surface area contributed by atoms with Gasteiger partial charge in [-0.1, -0.05) is 37.1 Å². The maximum Gasteiger partial charge on any atom is 0.241 e. The number of carbonyl (C=O) groups is 1. The monoisotopic (exact) mass is 513 g/mol. The molecule has 1 aromatic rings. The van der Waals surface area contributed by atoms with Crippen molar-refractivity contribution in [2.24, 2.45) is 4.99 Å². The van der Waals surface area contributed by atoms with Gasteiger partial charge in [0.05, 0.1) is 13.1 Å². The highest BCUT2D eigenvalue weighted by atomic mass is 127. The molecule has 1 saturated heterocycles. The van der Waals surface area contributed by atoms with E-state index in [2.05, 4.69) is 39.8 Å². The number of halogens is 1. The number of nitrogens with one attached hydrogen (secondary N) is 2. The summed E-state index contributed by atoms with van der Waals surface area (Å²) in [7, 11) is 3.55. The number of aliphatic imine (C=N–C) groups is 1. The van der Waals surface area contributed by atoms with E-state index >= 15 is 0 Å². The van der Waals surface area contributed by atoms with Crippen molar-refractivity contribution in [1.29, 1.82) is 0 Å². The van der Waals surface area contributed by atoms with E-state index in [4.69, 9.17) is 4.99 Å². The molecule has 2 fully saturated rings. The smallest absolute Gasteiger partial charge is 0.241 e. The molecule has 2 aliphatic rings. The third kappa shape index (κ3) is 8.12.